The van der Waals surface area contributed by atoms with Gasteiger partial charge in [0, 0.05) is 37.3 Å². The summed E-state index contributed by atoms with van der Waals surface area (Å²) in [7, 11) is -3.31. The van der Waals surface area contributed by atoms with Crippen LogP contribution in [0.25, 0.3) is 0 Å². The van der Waals surface area contributed by atoms with Gasteiger partial charge >= 0.3 is 0 Å². The molecule has 0 bridgehead atoms. The summed E-state index contributed by atoms with van der Waals surface area (Å²) in [5, 5.41) is 5.56. The van der Waals surface area contributed by atoms with Crippen LogP contribution in [0.15, 0.2) is 54.6 Å². The van der Waals surface area contributed by atoms with Crippen molar-refractivity contribution in [3.05, 3.63) is 60.2 Å². The molecule has 0 spiro atoms. The molecule has 1 aliphatic rings. The molecule has 0 aliphatic carbocycles. The second kappa shape index (κ2) is 10.5. The summed E-state index contributed by atoms with van der Waals surface area (Å²) in [5.74, 6) is -0.350. The lowest BCUT2D eigenvalue weighted by Gasteiger charge is -2.30. The summed E-state index contributed by atoms with van der Waals surface area (Å²) >= 11 is 0. The zero-order valence-corrected chi connectivity index (χ0v) is 18.5. The van der Waals surface area contributed by atoms with Crippen molar-refractivity contribution >= 4 is 33.2 Å². The number of piperidine rings is 1. The highest BCUT2D eigenvalue weighted by Crippen LogP contribution is 2.23. The standard InChI is InChI=1S/C23H29N3O4S/c1-18(27)24-21-9-11-22(12-10-21)25-23(28)20-13-15-26(16-14-20)31(29,30)17-5-8-19-6-3-2-4-7-19/h2-4,6-7,9-12,20H,5,8,13-17H2,1H3,(H,24,27)(H,25,28). The fourth-order valence-electron chi connectivity index (χ4n) is 3.71. The van der Waals surface area contributed by atoms with Crippen molar-refractivity contribution in [1.82, 2.24) is 4.31 Å². The molecular formula is C23H29N3O4S. The third-order valence-corrected chi connectivity index (χ3v) is 7.36. The smallest absolute Gasteiger partial charge is 0.227 e. The van der Waals surface area contributed by atoms with Crippen molar-refractivity contribution in [1.29, 1.82) is 0 Å². The number of aryl methyl sites for hydroxylation is 1. The minimum absolute atomic E-state index is 0.103. The Hall–Kier alpha value is -2.71. The summed E-state index contributed by atoms with van der Waals surface area (Å²) in [6, 6.07) is 16.8. The predicted octanol–water partition coefficient (Wildman–Crippen LogP) is 3.26. The molecule has 3 rings (SSSR count). The van der Waals surface area contributed by atoms with Crippen LogP contribution >= 0.6 is 0 Å². The van der Waals surface area contributed by atoms with Crippen LogP contribution in [0.4, 0.5) is 11.4 Å². The largest absolute Gasteiger partial charge is 0.326 e. The van der Waals surface area contributed by atoms with Gasteiger partial charge in [-0.05, 0) is 55.5 Å². The number of rotatable bonds is 8. The van der Waals surface area contributed by atoms with E-state index in [4.69, 9.17) is 0 Å². The Morgan fingerprint density at radius 1 is 0.935 bits per heavy atom. The Bertz CT molecular complexity index is 983. The van der Waals surface area contributed by atoms with Crippen molar-refractivity contribution in [2.24, 2.45) is 5.92 Å². The van der Waals surface area contributed by atoms with Crippen molar-refractivity contribution in [3.8, 4) is 0 Å². The number of amides is 2. The van der Waals surface area contributed by atoms with Gasteiger partial charge in [-0.2, -0.15) is 0 Å². The minimum Gasteiger partial charge on any atom is -0.326 e. The molecule has 0 aromatic heterocycles. The van der Waals surface area contributed by atoms with Crippen LogP contribution in [-0.2, 0) is 26.0 Å². The number of anilines is 2. The van der Waals surface area contributed by atoms with Gasteiger partial charge in [0.25, 0.3) is 0 Å². The lowest BCUT2D eigenvalue weighted by atomic mass is 9.97. The van der Waals surface area contributed by atoms with Crippen LogP contribution in [0.1, 0.15) is 31.7 Å². The highest BCUT2D eigenvalue weighted by molar-refractivity contribution is 7.89. The zero-order valence-electron chi connectivity index (χ0n) is 17.7. The quantitative estimate of drug-likeness (QED) is 0.655. The number of carbonyl (C=O) groups is 2. The highest BCUT2D eigenvalue weighted by atomic mass is 32.2. The van der Waals surface area contributed by atoms with Gasteiger partial charge in [-0.25, -0.2) is 12.7 Å². The lowest BCUT2D eigenvalue weighted by molar-refractivity contribution is -0.121. The topological polar surface area (TPSA) is 95.6 Å². The normalized spacial score (nSPS) is 15.4. The van der Waals surface area contributed by atoms with Gasteiger partial charge in [-0.1, -0.05) is 30.3 Å². The van der Waals surface area contributed by atoms with E-state index in [9.17, 15) is 18.0 Å². The number of sulfonamides is 1. The van der Waals surface area contributed by atoms with Crippen molar-refractivity contribution < 1.29 is 18.0 Å². The molecule has 0 unspecified atom stereocenters. The molecule has 2 N–H and O–H groups in total. The first-order valence-corrected chi connectivity index (χ1v) is 12.1. The molecule has 1 saturated heterocycles. The Morgan fingerprint density at radius 2 is 1.52 bits per heavy atom. The number of hydrogen-bond acceptors (Lipinski definition) is 4. The van der Waals surface area contributed by atoms with E-state index < -0.39 is 10.0 Å². The van der Waals surface area contributed by atoms with E-state index in [1.807, 2.05) is 30.3 Å². The minimum atomic E-state index is -3.31. The average Bonchev–Trinajstić information content (AvgIpc) is 2.75. The van der Waals surface area contributed by atoms with E-state index in [0.29, 0.717) is 43.7 Å². The Kier molecular flexibility index (Phi) is 7.81. The number of nitrogens with zero attached hydrogens (tertiary/aromatic N) is 1. The fourth-order valence-corrected chi connectivity index (χ4v) is 5.25. The molecule has 166 valence electrons. The van der Waals surface area contributed by atoms with Crippen molar-refractivity contribution in [3.63, 3.8) is 0 Å². The van der Waals surface area contributed by atoms with Gasteiger partial charge in [0.05, 0.1) is 5.75 Å². The monoisotopic (exact) mass is 443 g/mol. The molecule has 2 aromatic rings. The summed E-state index contributed by atoms with van der Waals surface area (Å²) < 4.78 is 26.8. The van der Waals surface area contributed by atoms with Gasteiger partial charge in [0.15, 0.2) is 0 Å². The van der Waals surface area contributed by atoms with E-state index in [0.717, 1.165) is 12.0 Å². The molecular weight excluding hydrogens is 414 g/mol. The number of carbonyl (C=O) groups excluding carboxylic acids is 2. The number of benzene rings is 2. The maximum atomic E-state index is 12.6. The third-order valence-electron chi connectivity index (χ3n) is 5.40. The zero-order chi connectivity index (χ0) is 22.3. The Balaban J connectivity index is 1.44. The van der Waals surface area contributed by atoms with Gasteiger partial charge in [0.1, 0.15) is 0 Å². The number of hydrogen-bond donors (Lipinski definition) is 2. The first-order chi connectivity index (χ1) is 14.8. The molecule has 1 aliphatic heterocycles. The maximum absolute atomic E-state index is 12.6. The summed E-state index contributed by atoms with van der Waals surface area (Å²) in [5.41, 5.74) is 2.45. The Morgan fingerprint density at radius 3 is 2.10 bits per heavy atom. The molecule has 31 heavy (non-hydrogen) atoms. The first-order valence-electron chi connectivity index (χ1n) is 10.5. The summed E-state index contributed by atoms with van der Waals surface area (Å²) in [6.45, 7) is 2.17. The van der Waals surface area contributed by atoms with Crippen LogP contribution in [-0.4, -0.2) is 43.4 Å². The summed E-state index contributed by atoms with van der Waals surface area (Å²) in [6.07, 6.45) is 2.34. The van der Waals surface area contributed by atoms with E-state index in [1.165, 1.54) is 11.2 Å². The molecule has 7 nitrogen and oxygen atoms in total. The van der Waals surface area contributed by atoms with E-state index in [-0.39, 0.29) is 23.5 Å². The molecule has 0 radical (unpaired) electrons. The molecule has 2 aromatic carbocycles. The van der Waals surface area contributed by atoms with E-state index in [1.54, 1.807) is 24.3 Å². The lowest BCUT2D eigenvalue weighted by Crippen LogP contribution is -2.42. The van der Waals surface area contributed by atoms with Crippen molar-refractivity contribution in [2.45, 2.75) is 32.6 Å². The molecule has 0 atom stereocenters. The molecule has 1 fully saturated rings. The van der Waals surface area contributed by atoms with Crippen LogP contribution in [0.3, 0.4) is 0 Å². The van der Waals surface area contributed by atoms with E-state index in [2.05, 4.69) is 10.6 Å². The maximum Gasteiger partial charge on any atom is 0.227 e. The van der Waals surface area contributed by atoms with Crippen LogP contribution in [0.5, 0.6) is 0 Å². The van der Waals surface area contributed by atoms with Crippen molar-refractivity contribution in [2.75, 3.05) is 29.5 Å². The molecule has 2 amide bonds. The van der Waals surface area contributed by atoms with Gasteiger partial charge in [-0.3, -0.25) is 9.59 Å². The second-order valence-electron chi connectivity index (χ2n) is 7.83. The van der Waals surface area contributed by atoms with Gasteiger partial charge < -0.3 is 10.6 Å². The predicted molar refractivity (Wildman–Crippen MR) is 122 cm³/mol. The van der Waals surface area contributed by atoms with Crippen LogP contribution in [0.2, 0.25) is 0 Å². The Labute approximate surface area is 183 Å². The summed E-state index contributed by atoms with van der Waals surface area (Å²) in [4.78, 5) is 23.6. The molecule has 0 saturated carbocycles. The van der Waals surface area contributed by atoms with Gasteiger partial charge in [-0.15, -0.1) is 0 Å². The van der Waals surface area contributed by atoms with E-state index >= 15 is 0 Å². The molecule has 8 heteroatoms. The van der Waals surface area contributed by atoms with Crippen LogP contribution in [0, 0.1) is 5.92 Å². The van der Waals surface area contributed by atoms with Crippen LogP contribution < -0.4 is 10.6 Å². The third kappa shape index (κ3) is 6.90. The fraction of sp³-hybridized carbons (Fsp3) is 0.391. The molecule has 1 heterocycles. The van der Waals surface area contributed by atoms with Gasteiger partial charge in [0.2, 0.25) is 21.8 Å². The second-order valence-corrected chi connectivity index (χ2v) is 9.91. The SMILES string of the molecule is CC(=O)Nc1ccc(NC(=O)C2CCN(S(=O)(=O)CCCc3ccccc3)CC2)cc1. The highest BCUT2D eigenvalue weighted by Gasteiger charge is 2.30. The average molecular weight is 444 g/mol. The number of nitrogens with one attached hydrogen (secondary N) is 2. The first kappa shape index (κ1) is 23.0.